The highest BCUT2D eigenvalue weighted by Gasteiger charge is 2.65. The molecule has 3 aliphatic rings. The van der Waals surface area contributed by atoms with Crippen molar-refractivity contribution in [2.75, 3.05) is 33.7 Å². The van der Waals surface area contributed by atoms with Crippen LogP contribution >= 0.6 is 7.37 Å². The lowest BCUT2D eigenvalue weighted by atomic mass is 9.77. The van der Waals surface area contributed by atoms with Crippen molar-refractivity contribution in [2.45, 2.75) is 102 Å². The molecule has 1 unspecified atom stereocenters. The van der Waals surface area contributed by atoms with Crippen molar-refractivity contribution in [1.82, 2.24) is 9.88 Å². The Labute approximate surface area is 346 Å². The molecule has 0 spiro atoms. The number of ether oxygens (including phenoxy) is 5. The largest absolute Gasteiger partial charge is 0.510 e. The third kappa shape index (κ3) is 10.0. The summed E-state index contributed by atoms with van der Waals surface area (Å²) in [6.45, 7) is 12.2. The lowest BCUT2D eigenvalue weighted by Gasteiger charge is -2.35. The van der Waals surface area contributed by atoms with Crippen molar-refractivity contribution in [3.05, 3.63) is 67.3 Å². The second kappa shape index (κ2) is 18.3. The Morgan fingerprint density at radius 2 is 1.76 bits per heavy atom. The molecule has 1 saturated heterocycles. The number of pyridine rings is 1. The number of aromatic nitrogens is 1. The van der Waals surface area contributed by atoms with Crippen LogP contribution in [0.5, 0.6) is 11.5 Å². The van der Waals surface area contributed by atoms with Gasteiger partial charge in [-0.3, -0.25) is 23.5 Å². The van der Waals surface area contributed by atoms with E-state index in [1.807, 2.05) is 75.4 Å². The lowest BCUT2D eigenvalue weighted by Crippen LogP contribution is -2.48. The molecule has 318 valence electrons. The number of hydrogen-bond acceptors (Lipinski definition) is 12. The number of amides is 1. The number of esters is 1. The Balaban J connectivity index is 1.32. The van der Waals surface area contributed by atoms with Crippen molar-refractivity contribution >= 4 is 42.1 Å². The summed E-state index contributed by atoms with van der Waals surface area (Å²) in [6.07, 6.45) is 3.68. The van der Waals surface area contributed by atoms with Crippen LogP contribution in [0.15, 0.2) is 67.3 Å². The number of ketones is 1. The first kappa shape index (κ1) is 43.8. The molecule has 6 rings (SSSR count). The maximum absolute atomic E-state index is 14.9. The van der Waals surface area contributed by atoms with Gasteiger partial charge in [-0.15, -0.1) is 6.58 Å². The van der Waals surface area contributed by atoms with E-state index in [0.29, 0.717) is 29.1 Å². The summed E-state index contributed by atoms with van der Waals surface area (Å²) in [4.78, 5) is 61.3. The number of allylic oxidation sites excluding steroid dienone is 1. The SMILES string of the molecule is C=C[C@@H]1C[C@]1(CC(=O)[C@@H]1C[C@@H](Oc2cc(-c3ccccc3)nc3cc(OC)ccc23)CN1C(=O)[C@@H](CC(=O)OC1CCCC1)C(C)(C)C)P(C)(=O)OCOC(=O)OCC. The van der Waals surface area contributed by atoms with Gasteiger partial charge in [0.05, 0.1) is 55.0 Å². The van der Waals surface area contributed by atoms with E-state index in [-0.39, 0.29) is 56.1 Å². The number of methoxy groups -OCH3 is 1. The van der Waals surface area contributed by atoms with Crippen LogP contribution in [0.3, 0.4) is 0 Å². The Morgan fingerprint density at radius 3 is 2.41 bits per heavy atom. The summed E-state index contributed by atoms with van der Waals surface area (Å²) in [6, 6.07) is 16.1. The molecule has 3 aromatic rings. The average molecular weight is 833 g/mol. The molecule has 13 nitrogen and oxygen atoms in total. The number of nitrogens with zero attached hydrogens (tertiary/aromatic N) is 2. The van der Waals surface area contributed by atoms with Crippen molar-refractivity contribution in [3.8, 4) is 22.8 Å². The van der Waals surface area contributed by atoms with Gasteiger partial charge in [0.2, 0.25) is 20.1 Å². The monoisotopic (exact) mass is 832 g/mol. The fourth-order valence-corrected chi connectivity index (χ4v) is 10.7. The van der Waals surface area contributed by atoms with E-state index in [1.54, 1.807) is 25.0 Å². The van der Waals surface area contributed by atoms with Gasteiger partial charge < -0.3 is 28.6 Å². The zero-order chi connectivity index (χ0) is 42.5. The van der Waals surface area contributed by atoms with Crippen LogP contribution in [0.4, 0.5) is 4.79 Å². The van der Waals surface area contributed by atoms with Crippen molar-refractivity contribution in [2.24, 2.45) is 17.3 Å². The van der Waals surface area contributed by atoms with Gasteiger partial charge in [0.15, 0.2) is 5.78 Å². The molecule has 14 heteroatoms. The zero-order valence-electron chi connectivity index (χ0n) is 35.0. The first-order valence-electron chi connectivity index (χ1n) is 20.5. The molecule has 3 fully saturated rings. The van der Waals surface area contributed by atoms with Crippen molar-refractivity contribution < 1.29 is 52.0 Å². The molecule has 59 heavy (non-hydrogen) atoms. The number of Topliss-reactive ketones (excluding diaryl/α,β-unsaturated/α-hetero) is 1. The zero-order valence-corrected chi connectivity index (χ0v) is 35.9. The molecular formula is C45H57N2O11P. The summed E-state index contributed by atoms with van der Waals surface area (Å²) >= 11 is 0. The number of carbonyl (C=O) groups is 4. The fourth-order valence-electron chi connectivity index (χ4n) is 8.46. The van der Waals surface area contributed by atoms with Crippen LogP contribution in [0.2, 0.25) is 0 Å². The Morgan fingerprint density at radius 1 is 1.03 bits per heavy atom. The first-order valence-corrected chi connectivity index (χ1v) is 22.5. The van der Waals surface area contributed by atoms with E-state index >= 15 is 0 Å². The topological polar surface area (TPSA) is 157 Å². The predicted molar refractivity (Wildman–Crippen MR) is 222 cm³/mol. The molecule has 2 saturated carbocycles. The Hall–Kier alpha value is -4.74. The van der Waals surface area contributed by atoms with E-state index in [4.69, 9.17) is 33.2 Å². The molecule has 0 bridgehead atoms. The van der Waals surface area contributed by atoms with Crippen molar-refractivity contribution in [1.29, 1.82) is 0 Å². The van der Waals surface area contributed by atoms with Gasteiger partial charge in [-0.2, -0.15) is 0 Å². The van der Waals surface area contributed by atoms with E-state index in [2.05, 4.69) is 6.58 Å². The van der Waals surface area contributed by atoms with Crippen LogP contribution in [0, 0.1) is 17.3 Å². The van der Waals surface area contributed by atoms with E-state index in [1.165, 1.54) is 6.66 Å². The summed E-state index contributed by atoms with van der Waals surface area (Å²) in [5.41, 5.74) is 1.52. The van der Waals surface area contributed by atoms with Gasteiger partial charge in [-0.05, 0) is 62.5 Å². The van der Waals surface area contributed by atoms with Gasteiger partial charge in [0.25, 0.3) is 0 Å². The second-order valence-electron chi connectivity index (χ2n) is 17.0. The fraction of sp³-hybridized carbons (Fsp3) is 0.533. The molecule has 1 amide bonds. The Kier molecular flexibility index (Phi) is 13.6. The van der Waals surface area contributed by atoms with Crippen molar-refractivity contribution in [3.63, 3.8) is 0 Å². The highest BCUT2D eigenvalue weighted by molar-refractivity contribution is 7.60. The molecule has 2 aliphatic carbocycles. The van der Waals surface area contributed by atoms with Gasteiger partial charge in [0.1, 0.15) is 23.7 Å². The lowest BCUT2D eigenvalue weighted by molar-refractivity contribution is -0.156. The molecule has 2 heterocycles. The molecule has 2 aromatic carbocycles. The maximum atomic E-state index is 14.9. The number of hydrogen-bond donors (Lipinski definition) is 0. The highest BCUT2D eigenvalue weighted by Crippen LogP contribution is 2.73. The molecule has 0 radical (unpaired) electrons. The van der Waals surface area contributed by atoms with Gasteiger partial charge in [-0.1, -0.05) is 57.2 Å². The summed E-state index contributed by atoms with van der Waals surface area (Å²) in [5, 5.41) is -0.392. The predicted octanol–water partition coefficient (Wildman–Crippen LogP) is 8.76. The third-order valence-corrected chi connectivity index (χ3v) is 14.9. The van der Waals surface area contributed by atoms with Crippen LogP contribution < -0.4 is 9.47 Å². The molecule has 1 aromatic heterocycles. The van der Waals surface area contributed by atoms with Crippen LogP contribution in [-0.4, -0.2) is 90.8 Å². The Bertz CT molecular complexity index is 2080. The van der Waals surface area contributed by atoms with E-state index < -0.39 is 54.9 Å². The molecule has 6 atom stereocenters. The standard InChI is InChI=1S/C45H57N2O11P/c1-8-30-25-45(30,59(7,52)56-28-55-43(51)54-9-2)26-39(48)38-22-33(27-47(38)42(50)35(44(3,4)5)23-41(49)58-31-17-13-14-18-31)57-40-24-36(29-15-11-10-12-16-29)46-37-21-32(53-6)19-20-34(37)40/h8,10-12,15-16,19-21,24,30-31,33,35,38H,1,9,13-14,17-18,22-23,25-28H2,2-7H3/t30-,33-,35-,38+,45-,59?/m1/s1. The summed E-state index contributed by atoms with van der Waals surface area (Å²) in [5.74, 6) is -1.09. The third-order valence-electron chi connectivity index (χ3n) is 12.0. The molecule has 1 aliphatic heterocycles. The first-order chi connectivity index (χ1) is 28.1. The smallest absolute Gasteiger partial charge is 0.497 e. The van der Waals surface area contributed by atoms with E-state index in [9.17, 15) is 23.7 Å². The van der Waals surface area contributed by atoms with Crippen LogP contribution in [0.25, 0.3) is 22.2 Å². The van der Waals surface area contributed by atoms with Gasteiger partial charge >= 0.3 is 12.1 Å². The number of likely N-dealkylation sites (tertiary alicyclic amines) is 1. The van der Waals surface area contributed by atoms with Gasteiger partial charge in [0, 0.05) is 42.6 Å². The summed E-state index contributed by atoms with van der Waals surface area (Å²) < 4.78 is 47.8. The number of carbonyl (C=O) groups excluding carboxylic acids is 4. The number of fused-ring (bicyclic) bond motifs is 1. The number of benzene rings is 2. The van der Waals surface area contributed by atoms with Gasteiger partial charge in [-0.25, -0.2) is 9.78 Å². The molecular weight excluding hydrogens is 775 g/mol. The summed E-state index contributed by atoms with van der Waals surface area (Å²) in [7, 11) is -2.04. The minimum Gasteiger partial charge on any atom is -0.497 e. The second-order valence-corrected chi connectivity index (χ2v) is 19.8. The maximum Gasteiger partial charge on any atom is 0.510 e. The minimum atomic E-state index is -3.63. The normalized spacial score (nSPS) is 23.2. The van der Waals surface area contributed by atoms with Crippen LogP contribution in [0.1, 0.15) is 79.1 Å². The average Bonchev–Trinajstić information content (AvgIpc) is 3.46. The van der Waals surface area contributed by atoms with Crippen LogP contribution in [-0.2, 0) is 37.7 Å². The number of rotatable bonds is 17. The quantitative estimate of drug-likeness (QED) is 0.0552. The molecule has 0 N–H and O–H groups in total. The van der Waals surface area contributed by atoms with E-state index in [0.717, 1.165) is 36.6 Å². The minimum absolute atomic E-state index is 0.0612. The highest BCUT2D eigenvalue weighted by atomic mass is 31.2.